The number of benzene rings is 1. The maximum Gasteiger partial charge on any atom is 0.317 e. The zero-order valence-corrected chi connectivity index (χ0v) is 12.9. The van der Waals surface area contributed by atoms with E-state index in [4.69, 9.17) is 0 Å². The Bertz CT molecular complexity index is 494. The molecule has 1 atom stereocenters. The lowest BCUT2D eigenvalue weighted by molar-refractivity contribution is 0.113. The number of halogens is 2. The number of amides is 2. The van der Waals surface area contributed by atoms with Gasteiger partial charge >= 0.3 is 6.03 Å². The van der Waals surface area contributed by atoms with Crippen LogP contribution < -0.4 is 5.32 Å². The lowest BCUT2D eigenvalue weighted by Gasteiger charge is -2.21. The Kier molecular flexibility index (Phi) is 4.99. The first-order chi connectivity index (χ1) is 9.47. The van der Waals surface area contributed by atoms with Crippen molar-refractivity contribution in [2.75, 3.05) is 13.6 Å². The van der Waals surface area contributed by atoms with E-state index in [1.807, 2.05) is 0 Å². The smallest absolute Gasteiger partial charge is 0.317 e. The first kappa shape index (κ1) is 15.3. The van der Waals surface area contributed by atoms with Gasteiger partial charge in [-0.3, -0.25) is 0 Å². The highest BCUT2D eigenvalue weighted by Gasteiger charge is 2.31. The quantitative estimate of drug-likeness (QED) is 0.862. The highest BCUT2D eigenvalue weighted by Crippen LogP contribution is 2.32. The highest BCUT2D eigenvalue weighted by molar-refractivity contribution is 9.10. The zero-order chi connectivity index (χ0) is 14.7. The minimum Gasteiger partial charge on any atom is -0.391 e. The molecule has 4 nitrogen and oxygen atoms in total. The molecule has 20 heavy (non-hydrogen) atoms. The average Bonchev–Trinajstić information content (AvgIpc) is 3.21. The van der Waals surface area contributed by atoms with Gasteiger partial charge in [0.25, 0.3) is 0 Å². The summed E-state index contributed by atoms with van der Waals surface area (Å²) in [7, 11) is 1.62. The number of hydrogen-bond donors (Lipinski definition) is 2. The summed E-state index contributed by atoms with van der Waals surface area (Å²) in [5.74, 6) is -0.0329. The van der Waals surface area contributed by atoms with Crippen molar-refractivity contribution in [1.82, 2.24) is 10.2 Å². The number of hydrogen-bond acceptors (Lipinski definition) is 2. The van der Waals surface area contributed by atoms with Gasteiger partial charge in [0.1, 0.15) is 5.82 Å². The third-order valence-electron chi connectivity index (χ3n) is 3.42. The summed E-state index contributed by atoms with van der Waals surface area (Å²) in [4.78, 5) is 13.3. The fraction of sp³-hybridized carbons (Fsp3) is 0.500. The van der Waals surface area contributed by atoms with Crippen molar-refractivity contribution < 1.29 is 14.3 Å². The number of carbonyl (C=O) groups excluding carboxylic acids is 1. The van der Waals surface area contributed by atoms with E-state index in [0.29, 0.717) is 22.5 Å². The Balaban J connectivity index is 1.81. The van der Waals surface area contributed by atoms with Crippen LogP contribution in [-0.4, -0.2) is 35.7 Å². The van der Waals surface area contributed by atoms with Crippen LogP contribution in [0.15, 0.2) is 22.7 Å². The van der Waals surface area contributed by atoms with Crippen molar-refractivity contribution in [3.8, 4) is 0 Å². The van der Waals surface area contributed by atoms with Gasteiger partial charge in [0, 0.05) is 30.2 Å². The molecule has 2 amide bonds. The summed E-state index contributed by atoms with van der Waals surface area (Å²) in [5.41, 5.74) is 0.428. The molecule has 2 rings (SSSR count). The molecule has 0 unspecified atom stereocenters. The van der Waals surface area contributed by atoms with E-state index in [2.05, 4.69) is 21.2 Å². The molecular formula is C14H18BrFN2O2. The van der Waals surface area contributed by atoms with Gasteiger partial charge in [-0.1, -0.05) is 22.0 Å². The van der Waals surface area contributed by atoms with Gasteiger partial charge in [-0.15, -0.1) is 0 Å². The maximum atomic E-state index is 13.6. The molecule has 1 aliphatic rings. The summed E-state index contributed by atoms with van der Waals surface area (Å²) in [6.07, 6.45) is 1.59. The molecule has 0 aromatic heterocycles. The Morgan fingerprint density at radius 1 is 1.60 bits per heavy atom. The number of aliphatic hydroxyl groups excluding tert-OH is 1. The Labute approximate surface area is 126 Å². The largest absolute Gasteiger partial charge is 0.391 e. The van der Waals surface area contributed by atoms with Crippen molar-refractivity contribution in [2.24, 2.45) is 5.92 Å². The second-order valence-electron chi connectivity index (χ2n) is 5.18. The van der Waals surface area contributed by atoms with Crippen LogP contribution in [0.1, 0.15) is 18.4 Å². The van der Waals surface area contributed by atoms with E-state index in [9.17, 15) is 14.3 Å². The molecule has 0 aliphatic heterocycles. The number of likely N-dealkylation sites (N-methyl/N-ethyl adjacent to an activating group) is 1. The fourth-order valence-electron chi connectivity index (χ4n) is 1.96. The van der Waals surface area contributed by atoms with Crippen molar-refractivity contribution >= 4 is 22.0 Å². The minimum atomic E-state index is -0.463. The van der Waals surface area contributed by atoms with Crippen LogP contribution in [0.25, 0.3) is 0 Å². The third-order valence-corrected chi connectivity index (χ3v) is 3.91. The molecular weight excluding hydrogens is 327 g/mol. The number of aliphatic hydroxyl groups is 1. The van der Waals surface area contributed by atoms with Crippen molar-refractivity contribution in [2.45, 2.75) is 25.5 Å². The molecule has 1 fully saturated rings. The zero-order valence-electron chi connectivity index (χ0n) is 11.3. The number of carbonyl (C=O) groups is 1. The van der Waals surface area contributed by atoms with Gasteiger partial charge in [0.05, 0.1) is 6.10 Å². The lowest BCUT2D eigenvalue weighted by atomic mass is 10.2. The normalized spacial score (nSPS) is 15.8. The van der Waals surface area contributed by atoms with Gasteiger partial charge in [0.2, 0.25) is 0 Å². The van der Waals surface area contributed by atoms with E-state index in [1.54, 1.807) is 19.2 Å². The monoisotopic (exact) mass is 344 g/mol. The molecule has 0 saturated heterocycles. The number of urea groups is 1. The minimum absolute atomic E-state index is 0.127. The van der Waals surface area contributed by atoms with Gasteiger partial charge in [0.15, 0.2) is 0 Å². The molecule has 110 valence electrons. The molecule has 6 heteroatoms. The predicted molar refractivity (Wildman–Crippen MR) is 77.7 cm³/mol. The SMILES string of the molecule is CN(C[C@H](O)C1CC1)C(=O)NCc1ccc(Br)cc1F. The summed E-state index contributed by atoms with van der Waals surface area (Å²) >= 11 is 3.18. The topological polar surface area (TPSA) is 52.6 Å². The van der Waals surface area contributed by atoms with Crippen LogP contribution in [-0.2, 0) is 6.54 Å². The van der Waals surface area contributed by atoms with E-state index in [-0.39, 0.29) is 18.4 Å². The summed E-state index contributed by atoms with van der Waals surface area (Å²) in [6, 6.07) is 4.40. The first-order valence-corrected chi connectivity index (χ1v) is 7.37. The highest BCUT2D eigenvalue weighted by atomic mass is 79.9. The summed E-state index contributed by atoms with van der Waals surface area (Å²) in [5, 5.41) is 12.4. The fourth-order valence-corrected chi connectivity index (χ4v) is 2.30. The standard InChI is InChI=1S/C14H18BrFN2O2/c1-18(8-13(19)9-2-3-9)14(20)17-7-10-4-5-11(15)6-12(10)16/h4-6,9,13,19H,2-3,7-8H2,1H3,(H,17,20)/t13-/m0/s1. The average molecular weight is 345 g/mol. The van der Waals surface area contributed by atoms with E-state index < -0.39 is 6.10 Å². The molecule has 1 saturated carbocycles. The van der Waals surface area contributed by atoms with Crippen LogP contribution in [0.5, 0.6) is 0 Å². The number of rotatable bonds is 5. The van der Waals surface area contributed by atoms with Gasteiger partial charge in [-0.2, -0.15) is 0 Å². The van der Waals surface area contributed by atoms with Crippen molar-refractivity contribution in [3.63, 3.8) is 0 Å². The van der Waals surface area contributed by atoms with Gasteiger partial charge in [-0.25, -0.2) is 9.18 Å². The second-order valence-corrected chi connectivity index (χ2v) is 6.10. The molecule has 1 aromatic carbocycles. The molecule has 0 spiro atoms. The molecule has 1 aromatic rings. The van der Waals surface area contributed by atoms with Gasteiger partial charge in [-0.05, 0) is 30.9 Å². The van der Waals surface area contributed by atoms with Crippen LogP contribution in [0.3, 0.4) is 0 Å². The Morgan fingerprint density at radius 3 is 2.90 bits per heavy atom. The molecule has 2 N–H and O–H groups in total. The first-order valence-electron chi connectivity index (χ1n) is 6.58. The molecule has 0 heterocycles. The Morgan fingerprint density at radius 2 is 2.30 bits per heavy atom. The van der Waals surface area contributed by atoms with E-state index >= 15 is 0 Å². The molecule has 0 radical (unpaired) electrons. The van der Waals surface area contributed by atoms with Crippen LogP contribution in [0.2, 0.25) is 0 Å². The van der Waals surface area contributed by atoms with Gasteiger partial charge < -0.3 is 15.3 Å². The van der Waals surface area contributed by atoms with E-state index in [0.717, 1.165) is 12.8 Å². The maximum absolute atomic E-state index is 13.6. The van der Waals surface area contributed by atoms with Crippen molar-refractivity contribution in [3.05, 3.63) is 34.1 Å². The summed E-state index contributed by atoms with van der Waals surface area (Å²) in [6.45, 7) is 0.432. The Hall–Kier alpha value is -1.14. The van der Waals surface area contributed by atoms with Crippen LogP contribution in [0.4, 0.5) is 9.18 Å². The van der Waals surface area contributed by atoms with Crippen molar-refractivity contribution in [1.29, 1.82) is 0 Å². The molecule has 0 bridgehead atoms. The second kappa shape index (κ2) is 6.54. The number of nitrogens with one attached hydrogen (secondary N) is 1. The molecule has 1 aliphatic carbocycles. The van der Waals surface area contributed by atoms with Crippen LogP contribution >= 0.6 is 15.9 Å². The van der Waals surface area contributed by atoms with Crippen LogP contribution in [0, 0.1) is 11.7 Å². The third kappa shape index (κ3) is 4.18. The summed E-state index contributed by atoms with van der Waals surface area (Å²) < 4.78 is 14.3. The number of nitrogens with zero attached hydrogens (tertiary/aromatic N) is 1. The predicted octanol–water partition coefficient (Wildman–Crippen LogP) is 2.50. The van der Waals surface area contributed by atoms with E-state index in [1.165, 1.54) is 11.0 Å². The lowest BCUT2D eigenvalue weighted by Crippen LogP contribution is -2.41.